The minimum absolute atomic E-state index is 0.126. The monoisotopic (exact) mass is 260 g/mol. The Morgan fingerprint density at radius 3 is 2.65 bits per heavy atom. The van der Waals surface area contributed by atoms with Gasteiger partial charge in [-0.2, -0.15) is 0 Å². The van der Waals surface area contributed by atoms with Gasteiger partial charge < -0.3 is 4.74 Å². The van der Waals surface area contributed by atoms with E-state index in [1.165, 1.54) is 12.8 Å². The van der Waals surface area contributed by atoms with Gasteiger partial charge in [-0.1, -0.05) is 6.42 Å². The van der Waals surface area contributed by atoms with E-state index in [2.05, 4.69) is 9.62 Å². The van der Waals surface area contributed by atoms with Crippen molar-refractivity contribution in [2.45, 2.75) is 43.0 Å². The van der Waals surface area contributed by atoms with Crippen LogP contribution in [0.2, 0.25) is 0 Å². The van der Waals surface area contributed by atoms with E-state index in [0.29, 0.717) is 19.3 Å². The largest absolute Gasteiger partial charge is 0.378 e. The van der Waals surface area contributed by atoms with Gasteiger partial charge in [0.25, 0.3) is 0 Å². The SMILES string of the molecule is O=S(=O)(NC1CCN2CCCCC12)C1COC1. The molecule has 3 heterocycles. The zero-order valence-electron chi connectivity index (χ0n) is 9.97. The van der Waals surface area contributed by atoms with Gasteiger partial charge in [-0.15, -0.1) is 0 Å². The Bertz CT molecular complexity index is 380. The molecule has 3 rings (SSSR count). The molecule has 98 valence electrons. The van der Waals surface area contributed by atoms with Gasteiger partial charge in [0.2, 0.25) is 10.0 Å². The average Bonchev–Trinajstić information content (AvgIpc) is 2.58. The lowest BCUT2D eigenvalue weighted by molar-refractivity contribution is 0.0408. The first-order chi connectivity index (χ1) is 8.17. The Hall–Kier alpha value is -0.170. The Morgan fingerprint density at radius 1 is 1.12 bits per heavy atom. The Morgan fingerprint density at radius 2 is 1.94 bits per heavy atom. The molecule has 3 aliphatic heterocycles. The van der Waals surface area contributed by atoms with E-state index in [-0.39, 0.29) is 11.3 Å². The van der Waals surface area contributed by atoms with E-state index in [4.69, 9.17) is 4.74 Å². The average molecular weight is 260 g/mol. The predicted octanol–water partition coefficient (Wildman–Crippen LogP) is -0.0686. The van der Waals surface area contributed by atoms with Crippen molar-refractivity contribution >= 4 is 10.0 Å². The molecule has 0 saturated carbocycles. The fourth-order valence-electron chi connectivity index (χ4n) is 3.09. The van der Waals surface area contributed by atoms with Crippen molar-refractivity contribution in [3.63, 3.8) is 0 Å². The number of ether oxygens (including phenoxy) is 1. The molecule has 2 unspecified atom stereocenters. The van der Waals surface area contributed by atoms with Crippen LogP contribution in [0, 0.1) is 0 Å². The summed E-state index contributed by atoms with van der Waals surface area (Å²) < 4.78 is 31.9. The molecule has 0 radical (unpaired) electrons. The summed E-state index contributed by atoms with van der Waals surface area (Å²) in [5.41, 5.74) is 0. The highest BCUT2D eigenvalue weighted by atomic mass is 32.2. The van der Waals surface area contributed by atoms with Crippen molar-refractivity contribution in [1.29, 1.82) is 0 Å². The van der Waals surface area contributed by atoms with E-state index >= 15 is 0 Å². The van der Waals surface area contributed by atoms with Gasteiger partial charge in [0.05, 0.1) is 13.2 Å². The second-order valence-corrected chi connectivity index (χ2v) is 7.31. The lowest BCUT2D eigenvalue weighted by Crippen LogP contribution is -2.53. The molecule has 3 fully saturated rings. The first-order valence-electron chi connectivity index (χ1n) is 6.50. The van der Waals surface area contributed by atoms with Crippen LogP contribution in [0.1, 0.15) is 25.7 Å². The number of nitrogens with one attached hydrogen (secondary N) is 1. The number of sulfonamides is 1. The molecular weight excluding hydrogens is 240 g/mol. The van der Waals surface area contributed by atoms with Crippen molar-refractivity contribution in [3.05, 3.63) is 0 Å². The van der Waals surface area contributed by atoms with E-state index in [1.807, 2.05) is 0 Å². The summed E-state index contributed by atoms with van der Waals surface area (Å²) in [7, 11) is -3.16. The maximum Gasteiger partial charge on any atom is 0.219 e. The van der Waals surface area contributed by atoms with Gasteiger partial charge in [0.15, 0.2) is 0 Å². The van der Waals surface area contributed by atoms with Crippen LogP contribution in [0.3, 0.4) is 0 Å². The maximum absolute atomic E-state index is 12.0. The van der Waals surface area contributed by atoms with Crippen LogP contribution < -0.4 is 4.72 Å². The van der Waals surface area contributed by atoms with Crippen LogP contribution in [0.15, 0.2) is 0 Å². The number of hydrogen-bond donors (Lipinski definition) is 1. The smallest absolute Gasteiger partial charge is 0.219 e. The quantitative estimate of drug-likeness (QED) is 0.772. The van der Waals surface area contributed by atoms with E-state index in [9.17, 15) is 8.42 Å². The highest BCUT2D eigenvalue weighted by Gasteiger charge is 2.40. The number of piperidine rings is 1. The van der Waals surface area contributed by atoms with Crippen molar-refractivity contribution in [2.75, 3.05) is 26.3 Å². The van der Waals surface area contributed by atoms with E-state index in [1.54, 1.807) is 0 Å². The summed E-state index contributed by atoms with van der Waals surface area (Å²) in [6, 6.07) is 0.556. The fraction of sp³-hybridized carbons (Fsp3) is 1.00. The molecule has 0 aromatic carbocycles. The first-order valence-corrected chi connectivity index (χ1v) is 8.04. The molecule has 0 bridgehead atoms. The van der Waals surface area contributed by atoms with Crippen molar-refractivity contribution in [2.24, 2.45) is 0 Å². The minimum Gasteiger partial charge on any atom is -0.378 e. The van der Waals surface area contributed by atoms with Crippen LogP contribution >= 0.6 is 0 Å². The topological polar surface area (TPSA) is 58.6 Å². The summed E-state index contributed by atoms with van der Waals surface area (Å²) in [6.07, 6.45) is 4.57. The lowest BCUT2D eigenvalue weighted by atomic mass is 10.00. The third-order valence-corrected chi connectivity index (χ3v) is 6.00. The summed E-state index contributed by atoms with van der Waals surface area (Å²) in [5.74, 6) is 0. The van der Waals surface area contributed by atoms with E-state index in [0.717, 1.165) is 25.9 Å². The van der Waals surface area contributed by atoms with Gasteiger partial charge in [-0.25, -0.2) is 13.1 Å². The van der Waals surface area contributed by atoms with Crippen LogP contribution in [0.4, 0.5) is 0 Å². The molecule has 6 heteroatoms. The Labute approximate surface area is 103 Å². The van der Waals surface area contributed by atoms with Crippen LogP contribution in [-0.2, 0) is 14.8 Å². The lowest BCUT2D eigenvalue weighted by Gasteiger charge is -2.34. The molecule has 2 atom stereocenters. The second-order valence-electron chi connectivity index (χ2n) is 5.32. The minimum atomic E-state index is -3.16. The van der Waals surface area contributed by atoms with Gasteiger partial charge in [-0.3, -0.25) is 4.90 Å². The van der Waals surface area contributed by atoms with Crippen molar-refractivity contribution in [3.8, 4) is 0 Å². The summed E-state index contributed by atoms with van der Waals surface area (Å²) >= 11 is 0. The van der Waals surface area contributed by atoms with Gasteiger partial charge >= 0.3 is 0 Å². The molecular formula is C11H20N2O3S. The van der Waals surface area contributed by atoms with Gasteiger partial charge in [0.1, 0.15) is 5.25 Å². The molecule has 0 aromatic rings. The molecule has 0 spiro atoms. The van der Waals surface area contributed by atoms with Gasteiger partial charge in [0, 0.05) is 18.6 Å². The summed E-state index contributed by atoms with van der Waals surface area (Å²) in [5, 5.41) is -0.319. The molecule has 3 aliphatic rings. The molecule has 3 saturated heterocycles. The number of nitrogens with zero attached hydrogens (tertiary/aromatic N) is 1. The highest BCUT2D eigenvalue weighted by Crippen LogP contribution is 2.28. The number of hydrogen-bond acceptors (Lipinski definition) is 4. The highest BCUT2D eigenvalue weighted by molar-refractivity contribution is 7.90. The predicted molar refractivity (Wildman–Crippen MR) is 64.3 cm³/mol. The molecule has 1 N–H and O–H groups in total. The summed E-state index contributed by atoms with van der Waals surface area (Å²) in [4.78, 5) is 2.44. The van der Waals surface area contributed by atoms with E-state index < -0.39 is 10.0 Å². The molecule has 0 aromatic heterocycles. The van der Waals surface area contributed by atoms with Crippen LogP contribution in [-0.4, -0.2) is 57.0 Å². The number of fused-ring (bicyclic) bond motifs is 1. The molecule has 0 amide bonds. The van der Waals surface area contributed by atoms with Gasteiger partial charge in [-0.05, 0) is 25.8 Å². The first kappa shape index (κ1) is 11.9. The van der Waals surface area contributed by atoms with Crippen molar-refractivity contribution < 1.29 is 13.2 Å². The molecule has 17 heavy (non-hydrogen) atoms. The Kier molecular flexibility index (Phi) is 3.15. The Balaban J connectivity index is 1.65. The zero-order chi connectivity index (χ0) is 11.9. The van der Waals surface area contributed by atoms with Crippen molar-refractivity contribution in [1.82, 2.24) is 9.62 Å². The second kappa shape index (κ2) is 4.50. The zero-order valence-corrected chi connectivity index (χ0v) is 10.8. The normalized spacial score (nSPS) is 35.5. The third kappa shape index (κ3) is 2.23. The van der Waals surface area contributed by atoms with Crippen LogP contribution in [0.25, 0.3) is 0 Å². The fourth-order valence-corrected chi connectivity index (χ4v) is 4.53. The molecule has 5 nitrogen and oxygen atoms in total. The summed E-state index contributed by atoms with van der Waals surface area (Å²) in [6.45, 7) is 2.89. The standard InChI is InChI=1S/C11H20N2O3S/c14-17(15,9-7-16-8-9)12-10-4-6-13-5-2-1-3-11(10)13/h9-12H,1-8H2. The van der Waals surface area contributed by atoms with Crippen LogP contribution in [0.5, 0.6) is 0 Å². The maximum atomic E-state index is 12.0. The molecule has 0 aliphatic carbocycles. The number of rotatable bonds is 3. The third-order valence-electron chi connectivity index (χ3n) is 4.22.